The van der Waals surface area contributed by atoms with E-state index in [1.807, 2.05) is 30.3 Å². The molecule has 0 aliphatic rings. The van der Waals surface area contributed by atoms with Gasteiger partial charge in [-0.3, -0.25) is 0 Å². The van der Waals surface area contributed by atoms with E-state index in [2.05, 4.69) is 4.98 Å². The molecular formula is C15H15NO4. The number of benzene rings is 1. The number of ether oxygens (including phenoxy) is 2. The van der Waals surface area contributed by atoms with E-state index in [1.165, 1.54) is 6.07 Å². The molecule has 0 saturated carbocycles. The summed E-state index contributed by atoms with van der Waals surface area (Å²) in [6.07, 6.45) is 0. The number of aromatic carboxylic acids is 1. The van der Waals surface area contributed by atoms with Crippen LogP contribution in [0.3, 0.4) is 0 Å². The van der Waals surface area contributed by atoms with Crippen LogP contribution in [0.15, 0.2) is 42.5 Å². The first-order valence-electron chi connectivity index (χ1n) is 6.13. The van der Waals surface area contributed by atoms with E-state index in [9.17, 15) is 4.79 Å². The van der Waals surface area contributed by atoms with E-state index in [0.29, 0.717) is 24.7 Å². The Morgan fingerprint density at radius 2 is 1.95 bits per heavy atom. The largest absolute Gasteiger partial charge is 0.491 e. The molecule has 0 fully saturated rings. The number of methoxy groups -OCH3 is 1. The van der Waals surface area contributed by atoms with Gasteiger partial charge in [0, 0.05) is 24.8 Å². The first-order valence-corrected chi connectivity index (χ1v) is 6.13. The fraction of sp³-hybridized carbons (Fsp3) is 0.200. The van der Waals surface area contributed by atoms with Gasteiger partial charge in [-0.2, -0.15) is 0 Å². The summed E-state index contributed by atoms with van der Waals surface area (Å²) >= 11 is 0. The molecule has 0 bridgehead atoms. The van der Waals surface area contributed by atoms with Gasteiger partial charge in [0.15, 0.2) is 5.69 Å². The van der Waals surface area contributed by atoms with Crippen LogP contribution < -0.4 is 4.74 Å². The number of carboxylic acids is 1. The van der Waals surface area contributed by atoms with Crippen molar-refractivity contribution in [3.63, 3.8) is 0 Å². The van der Waals surface area contributed by atoms with Gasteiger partial charge in [-0.25, -0.2) is 9.78 Å². The second-order valence-electron chi connectivity index (χ2n) is 4.09. The van der Waals surface area contributed by atoms with Crippen LogP contribution >= 0.6 is 0 Å². The minimum Gasteiger partial charge on any atom is -0.491 e. The molecule has 5 nitrogen and oxygen atoms in total. The van der Waals surface area contributed by atoms with Crippen molar-refractivity contribution >= 4 is 5.97 Å². The lowest BCUT2D eigenvalue weighted by Gasteiger charge is -2.09. The molecule has 0 saturated heterocycles. The van der Waals surface area contributed by atoms with Crippen LogP contribution in [-0.2, 0) is 4.74 Å². The van der Waals surface area contributed by atoms with Crippen LogP contribution in [0, 0.1) is 0 Å². The van der Waals surface area contributed by atoms with Gasteiger partial charge in [0.2, 0.25) is 0 Å². The van der Waals surface area contributed by atoms with Crippen molar-refractivity contribution < 1.29 is 19.4 Å². The lowest BCUT2D eigenvalue weighted by Crippen LogP contribution is -2.07. The van der Waals surface area contributed by atoms with Gasteiger partial charge >= 0.3 is 5.97 Å². The summed E-state index contributed by atoms with van der Waals surface area (Å²) in [4.78, 5) is 15.2. The maximum absolute atomic E-state index is 11.1. The van der Waals surface area contributed by atoms with E-state index in [-0.39, 0.29) is 5.69 Å². The second kappa shape index (κ2) is 6.68. The molecule has 5 heteroatoms. The van der Waals surface area contributed by atoms with Gasteiger partial charge < -0.3 is 14.6 Å². The molecule has 1 heterocycles. The Balaban J connectivity index is 2.34. The Morgan fingerprint density at radius 1 is 1.20 bits per heavy atom. The molecular weight excluding hydrogens is 258 g/mol. The average Bonchev–Trinajstić information content (AvgIpc) is 2.48. The summed E-state index contributed by atoms with van der Waals surface area (Å²) in [6, 6.07) is 12.5. The molecule has 1 aromatic carbocycles. The quantitative estimate of drug-likeness (QED) is 0.819. The van der Waals surface area contributed by atoms with Crippen molar-refractivity contribution in [3.8, 4) is 17.0 Å². The lowest BCUT2D eigenvalue weighted by atomic mass is 10.1. The molecule has 1 aromatic heterocycles. The highest BCUT2D eigenvalue weighted by Crippen LogP contribution is 2.23. The summed E-state index contributed by atoms with van der Waals surface area (Å²) in [6.45, 7) is 0.791. The van der Waals surface area contributed by atoms with Crippen LogP contribution in [0.1, 0.15) is 10.5 Å². The maximum Gasteiger partial charge on any atom is 0.354 e. The maximum atomic E-state index is 11.1. The van der Waals surface area contributed by atoms with Crippen molar-refractivity contribution in [1.29, 1.82) is 0 Å². The molecule has 2 aromatic rings. The van der Waals surface area contributed by atoms with E-state index < -0.39 is 5.97 Å². The number of pyridine rings is 1. The molecule has 0 aliphatic carbocycles. The standard InChI is InChI=1S/C15H15NO4/c1-19-7-8-20-12-9-13(11-5-3-2-4-6-11)16-14(10-12)15(17)18/h2-6,9-10H,7-8H2,1H3,(H,17,18). The normalized spacial score (nSPS) is 10.2. The van der Waals surface area contributed by atoms with Gasteiger partial charge in [0.1, 0.15) is 12.4 Å². The van der Waals surface area contributed by atoms with Crippen LogP contribution in [0.5, 0.6) is 5.75 Å². The monoisotopic (exact) mass is 273 g/mol. The number of nitrogens with zero attached hydrogens (tertiary/aromatic N) is 1. The third-order valence-electron chi connectivity index (χ3n) is 2.64. The Labute approximate surface area is 116 Å². The summed E-state index contributed by atoms with van der Waals surface area (Å²) in [5, 5.41) is 9.11. The number of carboxylic acid groups (broad SMARTS) is 1. The average molecular weight is 273 g/mol. The molecule has 1 N–H and O–H groups in total. The highest BCUT2D eigenvalue weighted by atomic mass is 16.5. The van der Waals surface area contributed by atoms with Crippen LogP contribution in [-0.4, -0.2) is 36.4 Å². The number of aromatic nitrogens is 1. The smallest absolute Gasteiger partial charge is 0.354 e. The zero-order chi connectivity index (χ0) is 14.4. The van der Waals surface area contributed by atoms with Gasteiger partial charge in [0.05, 0.1) is 12.3 Å². The number of hydrogen-bond acceptors (Lipinski definition) is 4. The molecule has 2 rings (SSSR count). The van der Waals surface area contributed by atoms with E-state index in [0.717, 1.165) is 5.56 Å². The first-order chi connectivity index (χ1) is 9.70. The summed E-state index contributed by atoms with van der Waals surface area (Å²) in [5.74, 6) is -0.618. The highest BCUT2D eigenvalue weighted by Gasteiger charge is 2.11. The van der Waals surface area contributed by atoms with Crippen molar-refractivity contribution in [3.05, 3.63) is 48.2 Å². The first kappa shape index (κ1) is 14.0. The van der Waals surface area contributed by atoms with Crippen molar-refractivity contribution in [2.24, 2.45) is 0 Å². The molecule has 20 heavy (non-hydrogen) atoms. The molecule has 0 amide bonds. The van der Waals surface area contributed by atoms with E-state index in [1.54, 1.807) is 13.2 Å². The predicted octanol–water partition coefficient (Wildman–Crippen LogP) is 2.47. The topological polar surface area (TPSA) is 68.7 Å². The van der Waals surface area contributed by atoms with Crippen LogP contribution in [0.2, 0.25) is 0 Å². The van der Waals surface area contributed by atoms with Crippen LogP contribution in [0.25, 0.3) is 11.3 Å². The number of rotatable bonds is 6. The number of hydrogen-bond donors (Lipinski definition) is 1. The van der Waals surface area contributed by atoms with Gasteiger partial charge in [0.25, 0.3) is 0 Å². The molecule has 0 atom stereocenters. The fourth-order valence-corrected chi connectivity index (χ4v) is 1.70. The molecule has 104 valence electrons. The Hall–Kier alpha value is -2.40. The molecule has 0 unspecified atom stereocenters. The van der Waals surface area contributed by atoms with Crippen molar-refractivity contribution in [2.45, 2.75) is 0 Å². The Bertz CT molecular complexity index is 584. The van der Waals surface area contributed by atoms with Gasteiger partial charge in [-0.15, -0.1) is 0 Å². The van der Waals surface area contributed by atoms with Gasteiger partial charge in [-0.05, 0) is 0 Å². The summed E-state index contributed by atoms with van der Waals surface area (Å²) < 4.78 is 10.4. The Kier molecular flexibility index (Phi) is 4.68. The third-order valence-corrected chi connectivity index (χ3v) is 2.64. The SMILES string of the molecule is COCCOc1cc(C(=O)O)nc(-c2ccccc2)c1. The van der Waals surface area contributed by atoms with Crippen LogP contribution in [0.4, 0.5) is 0 Å². The van der Waals surface area contributed by atoms with Crippen molar-refractivity contribution in [2.75, 3.05) is 20.3 Å². The third kappa shape index (κ3) is 3.55. The summed E-state index contributed by atoms with van der Waals surface area (Å²) in [5.41, 5.74) is 1.36. The molecule has 0 aliphatic heterocycles. The predicted molar refractivity (Wildman–Crippen MR) is 74.0 cm³/mol. The minimum absolute atomic E-state index is 0.0428. The zero-order valence-corrected chi connectivity index (χ0v) is 11.1. The zero-order valence-electron chi connectivity index (χ0n) is 11.1. The van der Waals surface area contributed by atoms with Gasteiger partial charge in [-0.1, -0.05) is 30.3 Å². The van der Waals surface area contributed by atoms with E-state index in [4.69, 9.17) is 14.6 Å². The number of carbonyl (C=O) groups is 1. The Morgan fingerprint density at radius 3 is 2.60 bits per heavy atom. The lowest BCUT2D eigenvalue weighted by molar-refractivity contribution is 0.0690. The highest BCUT2D eigenvalue weighted by molar-refractivity contribution is 5.86. The van der Waals surface area contributed by atoms with E-state index >= 15 is 0 Å². The molecule has 0 radical (unpaired) electrons. The fourth-order valence-electron chi connectivity index (χ4n) is 1.70. The minimum atomic E-state index is -1.08. The second-order valence-corrected chi connectivity index (χ2v) is 4.09. The summed E-state index contributed by atoms with van der Waals surface area (Å²) in [7, 11) is 1.58. The van der Waals surface area contributed by atoms with Crippen molar-refractivity contribution in [1.82, 2.24) is 4.98 Å². The molecule has 0 spiro atoms.